The van der Waals surface area contributed by atoms with Gasteiger partial charge in [0.1, 0.15) is 6.04 Å². The lowest BCUT2D eigenvalue weighted by atomic mass is 9.93. The van der Waals surface area contributed by atoms with Gasteiger partial charge in [0.2, 0.25) is 0 Å². The summed E-state index contributed by atoms with van der Waals surface area (Å²) >= 11 is 0. The third kappa shape index (κ3) is 2.22. The predicted molar refractivity (Wildman–Crippen MR) is 67.9 cm³/mol. The zero-order chi connectivity index (χ0) is 12.6. The van der Waals surface area contributed by atoms with Crippen LogP contribution in [0.5, 0.6) is 0 Å². The molecular formula is C14H25NO2. The van der Waals surface area contributed by atoms with E-state index >= 15 is 0 Å². The van der Waals surface area contributed by atoms with Crippen LogP contribution in [-0.2, 0) is 4.79 Å². The average molecular weight is 239 g/mol. The molecular weight excluding hydrogens is 214 g/mol. The summed E-state index contributed by atoms with van der Waals surface area (Å²) in [4.78, 5) is 13.8. The number of likely N-dealkylation sites (tertiary alicyclic amines) is 1. The Labute approximate surface area is 104 Å². The second-order valence-corrected chi connectivity index (χ2v) is 5.96. The molecule has 2 fully saturated rings. The molecule has 1 aliphatic carbocycles. The minimum absolute atomic E-state index is 0.216. The van der Waals surface area contributed by atoms with E-state index in [0.717, 1.165) is 19.4 Å². The molecule has 0 spiro atoms. The van der Waals surface area contributed by atoms with E-state index in [4.69, 9.17) is 0 Å². The van der Waals surface area contributed by atoms with Gasteiger partial charge < -0.3 is 5.11 Å². The van der Waals surface area contributed by atoms with E-state index < -0.39 is 5.97 Å². The minimum Gasteiger partial charge on any atom is -0.480 e. The van der Waals surface area contributed by atoms with E-state index in [1.54, 1.807) is 0 Å². The van der Waals surface area contributed by atoms with E-state index in [1.165, 1.54) is 12.8 Å². The minimum atomic E-state index is -0.602. The first-order valence-electron chi connectivity index (χ1n) is 7.04. The molecule has 0 aromatic rings. The standard InChI is InChI=1S/C14H25NO2/c1-4-9(2)10(3)15-8-11-6-5-7-12(11)13(15)14(16)17/h9-13H,4-8H2,1-3H3,(H,16,17). The summed E-state index contributed by atoms with van der Waals surface area (Å²) in [6.07, 6.45) is 4.70. The monoisotopic (exact) mass is 239 g/mol. The maximum atomic E-state index is 11.5. The van der Waals surface area contributed by atoms with Crippen molar-refractivity contribution in [3.8, 4) is 0 Å². The Morgan fingerprint density at radius 3 is 2.71 bits per heavy atom. The maximum Gasteiger partial charge on any atom is 0.321 e. The summed E-state index contributed by atoms with van der Waals surface area (Å²) < 4.78 is 0. The fourth-order valence-electron chi connectivity index (χ4n) is 3.75. The highest BCUT2D eigenvalue weighted by atomic mass is 16.4. The van der Waals surface area contributed by atoms with Crippen LogP contribution in [-0.4, -0.2) is 34.6 Å². The fourth-order valence-corrected chi connectivity index (χ4v) is 3.75. The van der Waals surface area contributed by atoms with Gasteiger partial charge in [0.25, 0.3) is 0 Å². The van der Waals surface area contributed by atoms with Crippen LogP contribution in [0.2, 0.25) is 0 Å². The molecule has 0 amide bonds. The topological polar surface area (TPSA) is 40.5 Å². The zero-order valence-electron chi connectivity index (χ0n) is 11.2. The number of carboxylic acid groups (broad SMARTS) is 1. The number of carbonyl (C=O) groups is 1. The molecule has 0 radical (unpaired) electrons. The Balaban J connectivity index is 2.14. The van der Waals surface area contributed by atoms with Gasteiger partial charge in [0, 0.05) is 12.6 Å². The highest BCUT2D eigenvalue weighted by Gasteiger charge is 2.49. The summed E-state index contributed by atoms with van der Waals surface area (Å²) in [5.41, 5.74) is 0. The number of hydrogen-bond acceptors (Lipinski definition) is 2. The number of rotatable bonds is 4. The van der Waals surface area contributed by atoms with Crippen molar-refractivity contribution in [3.63, 3.8) is 0 Å². The summed E-state index contributed by atoms with van der Waals surface area (Å²) in [5, 5.41) is 9.49. The van der Waals surface area contributed by atoms with Crippen molar-refractivity contribution < 1.29 is 9.90 Å². The molecule has 98 valence electrons. The van der Waals surface area contributed by atoms with Crippen molar-refractivity contribution in [1.82, 2.24) is 4.90 Å². The van der Waals surface area contributed by atoms with Crippen molar-refractivity contribution in [2.45, 2.75) is 58.5 Å². The van der Waals surface area contributed by atoms with Crippen molar-refractivity contribution in [2.24, 2.45) is 17.8 Å². The van der Waals surface area contributed by atoms with Crippen LogP contribution in [0.3, 0.4) is 0 Å². The average Bonchev–Trinajstić information content (AvgIpc) is 2.85. The smallest absolute Gasteiger partial charge is 0.321 e. The summed E-state index contributed by atoms with van der Waals surface area (Å²) in [5.74, 6) is 1.03. The number of carboxylic acids is 1. The van der Waals surface area contributed by atoms with Crippen LogP contribution in [0.4, 0.5) is 0 Å². The molecule has 2 rings (SSSR count). The highest BCUT2D eigenvalue weighted by Crippen LogP contribution is 2.43. The Morgan fingerprint density at radius 2 is 2.12 bits per heavy atom. The number of fused-ring (bicyclic) bond motifs is 1. The van der Waals surface area contributed by atoms with Crippen LogP contribution < -0.4 is 0 Å². The molecule has 1 N–H and O–H groups in total. The molecule has 1 aliphatic heterocycles. The van der Waals surface area contributed by atoms with Crippen molar-refractivity contribution in [1.29, 1.82) is 0 Å². The second-order valence-electron chi connectivity index (χ2n) is 5.96. The lowest BCUT2D eigenvalue weighted by molar-refractivity contribution is -0.144. The third-order valence-electron chi connectivity index (χ3n) is 5.17. The van der Waals surface area contributed by atoms with Crippen LogP contribution in [0, 0.1) is 17.8 Å². The van der Waals surface area contributed by atoms with Gasteiger partial charge in [-0.05, 0) is 37.5 Å². The Morgan fingerprint density at radius 1 is 1.41 bits per heavy atom. The van der Waals surface area contributed by atoms with E-state index in [2.05, 4.69) is 25.7 Å². The van der Waals surface area contributed by atoms with Gasteiger partial charge in [-0.25, -0.2) is 0 Å². The Bertz CT molecular complexity index is 292. The Hall–Kier alpha value is -0.570. The molecule has 5 atom stereocenters. The predicted octanol–water partition coefficient (Wildman–Crippen LogP) is 2.61. The maximum absolute atomic E-state index is 11.5. The number of hydrogen-bond donors (Lipinski definition) is 1. The van der Waals surface area contributed by atoms with E-state index in [0.29, 0.717) is 23.8 Å². The van der Waals surface area contributed by atoms with Crippen molar-refractivity contribution >= 4 is 5.97 Å². The number of nitrogens with zero attached hydrogens (tertiary/aromatic N) is 1. The van der Waals surface area contributed by atoms with E-state index in [1.807, 2.05) is 0 Å². The van der Waals surface area contributed by atoms with Crippen LogP contribution >= 0.6 is 0 Å². The third-order valence-corrected chi connectivity index (χ3v) is 5.17. The molecule has 5 unspecified atom stereocenters. The molecule has 0 bridgehead atoms. The lowest BCUT2D eigenvalue weighted by Crippen LogP contribution is -2.46. The van der Waals surface area contributed by atoms with Crippen molar-refractivity contribution in [2.75, 3.05) is 6.54 Å². The van der Waals surface area contributed by atoms with Crippen LogP contribution in [0.15, 0.2) is 0 Å². The lowest BCUT2D eigenvalue weighted by Gasteiger charge is -2.33. The molecule has 3 heteroatoms. The van der Waals surface area contributed by atoms with Gasteiger partial charge >= 0.3 is 5.97 Å². The van der Waals surface area contributed by atoms with Crippen molar-refractivity contribution in [3.05, 3.63) is 0 Å². The van der Waals surface area contributed by atoms with Gasteiger partial charge in [-0.1, -0.05) is 26.7 Å². The highest BCUT2D eigenvalue weighted by molar-refractivity contribution is 5.74. The van der Waals surface area contributed by atoms with Gasteiger partial charge in [-0.3, -0.25) is 9.69 Å². The normalized spacial score (nSPS) is 36.8. The molecule has 1 saturated carbocycles. The van der Waals surface area contributed by atoms with Gasteiger partial charge in [0.05, 0.1) is 0 Å². The van der Waals surface area contributed by atoms with Gasteiger partial charge in [0.15, 0.2) is 0 Å². The summed E-state index contributed by atoms with van der Waals surface area (Å²) in [6, 6.07) is 0.179. The number of aliphatic carboxylic acids is 1. The van der Waals surface area contributed by atoms with Gasteiger partial charge in [-0.2, -0.15) is 0 Å². The fraction of sp³-hybridized carbons (Fsp3) is 0.929. The van der Waals surface area contributed by atoms with Crippen LogP contribution in [0.1, 0.15) is 46.5 Å². The first-order valence-corrected chi connectivity index (χ1v) is 7.04. The SMILES string of the molecule is CCC(C)C(C)N1CC2CCCC2C1C(=O)O. The quantitative estimate of drug-likeness (QED) is 0.820. The summed E-state index contributed by atoms with van der Waals surface area (Å²) in [7, 11) is 0. The summed E-state index contributed by atoms with van der Waals surface area (Å²) in [6.45, 7) is 7.63. The molecule has 2 aliphatic rings. The molecule has 3 nitrogen and oxygen atoms in total. The van der Waals surface area contributed by atoms with E-state index in [-0.39, 0.29) is 6.04 Å². The molecule has 0 aromatic heterocycles. The molecule has 17 heavy (non-hydrogen) atoms. The first kappa shape index (κ1) is 12.9. The Kier molecular flexibility index (Phi) is 3.76. The zero-order valence-corrected chi connectivity index (χ0v) is 11.2. The van der Waals surface area contributed by atoms with Gasteiger partial charge in [-0.15, -0.1) is 0 Å². The first-order chi connectivity index (χ1) is 8.06. The van der Waals surface area contributed by atoms with E-state index in [9.17, 15) is 9.90 Å². The largest absolute Gasteiger partial charge is 0.480 e. The molecule has 0 aromatic carbocycles. The second kappa shape index (κ2) is 4.97. The molecule has 1 heterocycles. The van der Waals surface area contributed by atoms with Crippen LogP contribution in [0.25, 0.3) is 0 Å². The molecule has 1 saturated heterocycles.